The van der Waals surface area contributed by atoms with E-state index in [1.54, 1.807) is 23.5 Å². The maximum Gasteiger partial charge on any atom is 0.272 e. The number of hydrogen-bond donors (Lipinski definition) is 3. The Morgan fingerprint density at radius 2 is 1.90 bits per heavy atom. The molecular formula is C15H15N3O2S. The fourth-order valence-corrected chi connectivity index (χ4v) is 3.41. The Morgan fingerprint density at radius 1 is 1.14 bits per heavy atom. The van der Waals surface area contributed by atoms with Crippen molar-refractivity contribution >= 4 is 27.8 Å². The summed E-state index contributed by atoms with van der Waals surface area (Å²) in [7, 11) is 0. The van der Waals surface area contributed by atoms with Crippen LogP contribution < -0.4 is 16.4 Å². The number of thiophene rings is 1. The van der Waals surface area contributed by atoms with Gasteiger partial charge in [0.15, 0.2) is 0 Å². The van der Waals surface area contributed by atoms with Gasteiger partial charge in [-0.15, -0.1) is 11.3 Å². The van der Waals surface area contributed by atoms with E-state index in [-0.39, 0.29) is 17.2 Å². The second kappa shape index (κ2) is 5.21. The molecule has 0 aliphatic heterocycles. The first-order chi connectivity index (χ1) is 10.1. The van der Waals surface area contributed by atoms with Crippen molar-refractivity contribution in [3.63, 3.8) is 0 Å². The van der Waals surface area contributed by atoms with Crippen LogP contribution in [0.5, 0.6) is 0 Å². The first-order valence-electron chi connectivity index (χ1n) is 6.62. The van der Waals surface area contributed by atoms with Crippen molar-refractivity contribution in [3.05, 3.63) is 60.8 Å². The lowest BCUT2D eigenvalue weighted by Gasteiger charge is -2.16. The number of fused-ring (bicyclic) bond motifs is 1. The molecule has 1 atom stereocenters. The maximum absolute atomic E-state index is 12.0. The predicted molar refractivity (Wildman–Crippen MR) is 86.3 cm³/mol. The minimum Gasteiger partial charge on any atom is -0.377 e. The van der Waals surface area contributed by atoms with Gasteiger partial charge in [-0.1, -0.05) is 6.07 Å². The highest BCUT2D eigenvalue weighted by atomic mass is 32.1. The van der Waals surface area contributed by atoms with Crippen LogP contribution in [0.15, 0.2) is 39.2 Å². The maximum atomic E-state index is 12.0. The molecular weight excluding hydrogens is 286 g/mol. The van der Waals surface area contributed by atoms with Crippen LogP contribution >= 0.6 is 11.3 Å². The Balaban J connectivity index is 2.10. The number of rotatable bonds is 3. The van der Waals surface area contributed by atoms with Crippen LogP contribution in [0.4, 0.5) is 5.69 Å². The van der Waals surface area contributed by atoms with Gasteiger partial charge in [-0.2, -0.15) is 0 Å². The number of H-pyrrole nitrogens is 2. The monoisotopic (exact) mass is 301 g/mol. The average Bonchev–Trinajstić information content (AvgIpc) is 2.89. The molecule has 1 unspecified atom stereocenters. The summed E-state index contributed by atoms with van der Waals surface area (Å²) in [4.78, 5) is 25.0. The van der Waals surface area contributed by atoms with Crippen LogP contribution in [0.2, 0.25) is 0 Å². The zero-order valence-corrected chi connectivity index (χ0v) is 12.5. The van der Waals surface area contributed by atoms with Gasteiger partial charge in [-0.3, -0.25) is 19.8 Å². The Hall–Kier alpha value is -2.34. The fraction of sp³-hybridized carbons (Fsp3) is 0.200. The minimum absolute atomic E-state index is 0.0642. The highest BCUT2D eigenvalue weighted by Gasteiger charge is 2.13. The summed E-state index contributed by atoms with van der Waals surface area (Å²) >= 11 is 1.67. The summed E-state index contributed by atoms with van der Waals surface area (Å²) in [5.41, 5.74) is 1.28. The van der Waals surface area contributed by atoms with Crippen molar-refractivity contribution in [2.24, 2.45) is 0 Å². The van der Waals surface area contributed by atoms with Gasteiger partial charge in [0.1, 0.15) is 0 Å². The largest absolute Gasteiger partial charge is 0.377 e. The fourth-order valence-electron chi connectivity index (χ4n) is 2.48. The highest BCUT2D eigenvalue weighted by molar-refractivity contribution is 7.10. The van der Waals surface area contributed by atoms with Crippen molar-refractivity contribution in [1.29, 1.82) is 0 Å². The van der Waals surface area contributed by atoms with E-state index in [0.717, 1.165) is 0 Å². The Bertz CT molecular complexity index is 907. The third-order valence-corrected chi connectivity index (χ3v) is 4.69. The molecule has 2 heterocycles. The summed E-state index contributed by atoms with van der Waals surface area (Å²) in [5, 5.41) is 10.9. The number of aromatic amines is 2. The van der Waals surface area contributed by atoms with Gasteiger partial charge < -0.3 is 5.32 Å². The molecule has 0 radical (unpaired) electrons. The van der Waals surface area contributed by atoms with Gasteiger partial charge >= 0.3 is 0 Å². The van der Waals surface area contributed by atoms with Crippen LogP contribution in [0.1, 0.15) is 23.4 Å². The number of nitrogens with one attached hydrogen (secondary N) is 3. The predicted octanol–water partition coefficient (Wildman–Crippen LogP) is 2.76. The molecule has 108 valence electrons. The summed E-state index contributed by atoms with van der Waals surface area (Å²) in [6, 6.07) is 7.37. The van der Waals surface area contributed by atoms with Gasteiger partial charge in [0.05, 0.1) is 16.8 Å². The molecule has 0 aliphatic carbocycles. The second-order valence-electron chi connectivity index (χ2n) is 4.97. The van der Waals surface area contributed by atoms with E-state index in [4.69, 9.17) is 0 Å². The number of benzene rings is 1. The van der Waals surface area contributed by atoms with Crippen LogP contribution in [0.25, 0.3) is 10.8 Å². The first-order valence-corrected chi connectivity index (χ1v) is 7.50. The molecule has 1 aromatic carbocycles. The molecule has 0 aliphatic rings. The van der Waals surface area contributed by atoms with E-state index >= 15 is 0 Å². The molecule has 0 bridgehead atoms. The lowest BCUT2D eigenvalue weighted by molar-refractivity contribution is 0.899. The average molecular weight is 301 g/mol. The number of anilines is 1. The summed E-state index contributed by atoms with van der Waals surface area (Å²) in [5.74, 6) is 0. The number of hydrogen-bond acceptors (Lipinski definition) is 4. The van der Waals surface area contributed by atoms with Gasteiger partial charge in [-0.25, -0.2) is 0 Å². The van der Waals surface area contributed by atoms with Gasteiger partial charge in [0, 0.05) is 10.6 Å². The van der Waals surface area contributed by atoms with Crippen molar-refractivity contribution < 1.29 is 0 Å². The Kier molecular flexibility index (Phi) is 3.39. The van der Waals surface area contributed by atoms with Gasteiger partial charge in [0.25, 0.3) is 11.1 Å². The molecule has 0 fully saturated rings. The van der Waals surface area contributed by atoms with Crippen LogP contribution in [0, 0.1) is 6.92 Å². The highest BCUT2D eigenvalue weighted by Crippen LogP contribution is 2.28. The van der Waals surface area contributed by atoms with E-state index in [0.29, 0.717) is 16.5 Å². The summed E-state index contributed by atoms with van der Waals surface area (Å²) in [6.07, 6.45) is 0. The molecule has 21 heavy (non-hydrogen) atoms. The van der Waals surface area contributed by atoms with Crippen LogP contribution in [-0.2, 0) is 0 Å². The van der Waals surface area contributed by atoms with E-state index in [1.165, 1.54) is 10.4 Å². The quantitative estimate of drug-likeness (QED) is 0.696. The molecule has 2 aromatic heterocycles. The first kappa shape index (κ1) is 13.6. The molecule has 5 nitrogen and oxygen atoms in total. The van der Waals surface area contributed by atoms with E-state index in [2.05, 4.69) is 28.5 Å². The summed E-state index contributed by atoms with van der Waals surface area (Å²) < 4.78 is 0. The Morgan fingerprint density at radius 3 is 2.62 bits per heavy atom. The molecule has 0 spiro atoms. The third kappa shape index (κ3) is 2.38. The lowest BCUT2D eigenvalue weighted by Crippen LogP contribution is -2.20. The van der Waals surface area contributed by atoms with Crippen molar-refractivity contribution in [2.45, 2.75) is 19.9 Å². The molecule has 3 rings (SSSR count). The normalized spacial score (nSPS) is 12.5. The van der Waals surface area contributed by atoms with Crippen molar-refractivity contribution in [2.75, 3.05) is 5.32 Å². The van der Waals surface area contributed by atoms with E-state index in [1.807, 2.05) is 18.4 Å². The molecule has 0 saturated heterocycles. The minimum atomic E-state index is -0.303. The van der Waals surface area contributed by atoms with Crippen LogP contribution in [-0.4, -0.2) is 10.2 Å². The topological polar surface area (TPSA) is 77.8 Å². The lowest BCUT2D eigenvalue weighted by atomic mass is 10.1. The molecule has 0 saturated carbocycles. The second-order valence-corrected chi connectivity index (χ2v) is 5.92. The summed E-state index contributed by atoms with van der Waals surface area (Å²) in [6.45, 7) is 4.10. The zero-order valence-electron chi connectivity index (χ0n) is 11.7. The van der Waals surface area contributed by atoms with E-state index < -0.39 is 0 Å². The molecule has 3 aromatic rings. The number of aryl methyl sites for hydroxylation is 1. The van der Waals surface area contributed by atoms with Crippen LogP contribution in [0.3, 0.4) is 0 Å². The van der Waals surface area contributed by atoms with E-state index in [9.17, 15) is 9.59 Å². The third-order valence-electron chi connectivity index (χ3n) is 3.49. The van der Waals surface area contributed by atoms with Crippen molar-refractivity contribution in [3.8, 4) is 0 Å². The SMILES string of the molecule is Cc1ccsc1C(C)Nc1cccc2c(=O)[nH][nH]c(=O)c12. The Labute approximate surface area is 124 Å². The standard InChI is InChI=1S/C15H15N3O2S/c1-8-6-7-21-13(8)9(2)16-11-5-3-4-10-12(11)15(20)18-17-14(10)19/h3-7,9,16H,1-2H3,(H,17,19)(H,18,20). The molecule has 6 heteroatoms. The molecule has 0 amide bonds. The van der Waals surface area contributed by atoms with Gasteiger partial charge in [0.2, 0.25) is 0 Å². The van der Waals surface area contributed by atoms with Gasteiger partial charge in [-0.05, 0) is 43.0 Å². The molecule has 3 N–H and O–H groups in total. The smallest absolute Gasteiger partial charge is 0.272 e. The number of aromatic nitrogens is 2. The zero-order chi connectivity index (χ0) is 15.0. The van der Waals surface area contributed by atoms with Crippen molar-refractivity contribution in [1.82, 2.24) is 10.2 Å².